The molecule has 9 heteroatoms. The Bertz CT molecular complexity index is 565. The SMILES string of the molecule is COc1ccc(NC(=O)CC(NCCOCCO)C(=O)O)c(OC)c1. The minimum atomic E-state index is -1.14. The Hall–Kier alpha value is -2.36. The molecule has 1 aromatic carbocycles. The van der Waals surface area contributed by atoms with Crippen molar-refractivity contribution in [2.75, 3.05) is 45.9 Å². The molecule has 9 nitrogen and oxygen atoms in total. The largest absolute Gasteiger partial charge is 0.497 e. The van der Waals surface area contributed by atoms with Crippen molar-refractivity contribution in [2.45, 2.75) is 12.5 Å². The summed E-state index contributed by atoms with van der Waals surface area (Å²) in [5.41, 5.74) is 0.420. The summed E-state index contributed by atoms with van der Waals surface area (Å²) >= 11 is 0. The van der Waals surface area contributed by atoms with Gasteiger partial charge in [0.2, 0.25) is 5.91 Å². The molecule has 0 saturated heterocycles. The van der Waals surface area contributed by atoms with Crippen LogP contribution in [-0.2, 0) is 14.3 Å². The lowest BCUT2D eigenvalue weighted by Crippen LogP contribution is -2.41. The Morgan fingerprint density at radius 1 is 1.20 bits per heavy atom. The number of amides is 1. The van der Waals surface area contributed by atoms with Crippen LogP contribution in [0.5, 0.6) is 11.5 Å². The normalized spacial score (nSPS) is 11.6. The van der Waals surface area contributed by atoms with Gasteiger partial charge in [0.05, 0.1) is 46.1 Å². The number of ether oxygens (including phenoxy) is 3. The summed E-state index contributed by atoms with van der Waals surface area (Å²) in [5, 5.41) is 23.1. The fraction of sp³-hybridized carbons (Fsp3) is 0.500. The van der Waals surface area contributed by atoms with E-state index in [4.69, 9.17) is 19.3 Å². The first kappa shape index (κ1) is 20.7. The Balaban J connectivity index is 2.58. The van der Waals surface area contributed by atoms with E-state index in [1.54, 1.807) is 18.2 Å². The molecule has 4 N–H and O–H groups in total. The summed E-state index contributed by atoms with van der Waals surface area (Å²) in [6.45, 7) is 0.556. The Morgan fingerprint density at radius 3 is 2.56 bits per heavy atom. The molecule has 0 fully saturated rings. The second-order valence-electron chi connectivity index (χ2n) is 5.00. The number of aliphatic hydroxyl groups excluding tert-OH is 1. The molecule has 0 spiro atoms. The first-order valence-corrected chi connectivity index (χ1v) is 7.68. The van der Waals surface area contributed by atoms with E-state index < -0.39 is 17.9 Å². The van der Waals surface area contributed by atoms with E-state index in [1.165, 1.54) is 14.2 Å². The fourth-order valence-corrected chi connectivity index (χ4v) is 2.01. The highest BCUT2D eigenvalue weighted by atomic mass is 16.5. The average molecular weight is 356 g/mol. The summed E-state index contributed by atoms with van der Waals surface area (Å²) in [7, 11) is 2.97. The molecule has 0 bridgehead atoms. The number of carbonyl (C=O) groups excluding carboxylic acids is 1. The van der Waals surface area contributed by atoms with E-state index in [1.807, 2.05) is 0 Å². The quantitative estimate of drug-likeness (QED) is 0.388. The van der Waals surface area contributed by atoms with Gasteiger partial charge >= 0.3 is 5.97 Å². The van der Waals surface area contributed by atoms with Gasteiger partial charge < -0.3 is 35.1 Å². The number of carboxylic acid groups (broad SMARTS) is 1. The van der Waals surface area contributed by atoms with E-state index >= 15 is 0 Å². The number of hydrogen-bond acceptors (Lipinski definition) is 7. The molecular formula is C16H24N2O7. The third kappa shape index (κ3) is 7.38. The van der Waals surface area contributed by atoms with E-state index in [0.29, 0.717) is 17.2 Å². The number of rotatable bonds is 12. The van der Waals surface area contributed by atoms with Crippen LogP contribution < -0.4 is 20.1 Å². The number of carbonyl (C=O) groups is 2. The number of anilines is 1. The third-order valence-electron chi connectivity index (χ3n) is 3.24. The Labute approximate surface area is 145 Å². The second kappa shape index (κ2) is 11.2. The van der Waals surface area contributed by atoms with E-state index in [2.05, 4.69) is 10.6 Å². The molecule has 0 radical (unpaired) electrons. The van der Waals surface area contributed by atoms with Gasteiger partial charge in [-0.3, -0.25) is 9.59 Å². The van der Waals surface area contributed by atoms with Crippen molar-refractivity contribution in [3.8, 4) is 11.5 Å². The maximum atomic E-state index is 12.1. The minimum absolute atomic E-state index is 0.103. The molecule has 0 aliphatic rings. The smallest absolute Gasteiger partial charge is 0.321 e. The van der Waals surface area contributed by atoms with Crippen LogP contribution >= 0.6 is 0 Å². The molecule has 140 valence electrons. The number of hydrogen-bond donors (Lipinski definition) is 4. The van der Waals surface area contributed by atoms with Crippen LogP contribution in [0, 0.1) is 0 Å². The number of aliphatic hydroxyl groups is 1. The lowest BCUT2D eigenvalue weighted by Gasteiger charge is -2.16. The molecule has 0 aliphatic heterocycles. The lowest BCUT2D eigenvalue weighted by atomic mass is 10.2. The van der Waals surface area contributed by atoms with Crippen molar-refractivity contribution in [1.82, 2.24) is 5.32 Å². The van der Waals surface area contributed by atoms with Crippen molar-refractivity contribution < 1.29 is 34.0 Å². The highest BCUT2D eigenvalue weighted by molar-refractivity contribution is 5.95. The number of nitrogens with one attached hydrogen (secondary N) is 2. The summed E-state index contributed by atoms with van der Waals surface area (Å²) in [4.78, 5) is 23.4. The van der Waals surface area contributed by atoms with Crippen LogP contribution in [0.3, 0.4) is 0 Å². The molecule has 0 heterocycles. The molecule has 1 rings (SSSR count). The number of aliphatic carboxylic acids is 1. The topological polar surface area (TPSA) is 126 Å². The molecule has 0 aliphatic carbocycles. The molecule has 0 aromatic heterocycles. The number of benzene rings is 1. The maximum absolute atomic E-state index is 12.1. The number of carboxylic acids is 1. The van der Waals surface area contributed by atoms with Crippen molar-refractivity contribution in [1.29, 1.82) is 0 Å². The molecule has 1 amide bonds. The predicted molar refractivity (Wildman–Crippen MR) is 90.1 cm³/mol. The van der Waals surface area contributed by atoms with Crippen LogP contribution in [0.2, 0.25) is 0 Å². The first-order valence-electron chi connectivity index (χ1n) is 7.68. The standard InChI is InChI=1S/C16H24N2O7/c1-23-11-3-4-12(14(9-11)24-2)18-15(20)10-13(16(21)22)17-5-7-25-8-6-19/h3-4,9,13,17,19H,5-8,10H2,1-2H3,(H,18,20)(H,21,22). The Kier molecular flexibility index (Phi) is 9.30. The van der Waals surface area contributed by atoms with Crippen molar-refractivity contribution >= 4 is 17.6 Å². The van der Waals surface area contributed by atoms with Gasteiger partial charge in [-0.1, -0.05) is 0 Å². The zero-order valence-corrected chi connectivity index (χ0v) is 14.3. The van der Waals surface area contributed by atoms with Crippen LogP contribution in [-0.4, -0.2) is 68.7 Å². The molecule has 1 unspecified atom stereocenters. The van der Waals surface area contributed by atoms with Gasteiger partial charge in [-0.15, -0.1) is 0 Å². The van der Waals surface area contributed by atoms with Crippen molar-refractivity contribution in [3.63, 3.8) is 0 Å². The maximum Gasteiger partial charge on any atom is 0.321 e. The van der Waals surface area contributed by atoms with Crippen LogP contribution in [0.15, 0.2) is 18.2 Å². The van der Waals surface area contributed by atoms with E-state index in [-0.39, 0.29) is 32.8 Å². The molecule has 0 saturated carbocycles. The molecule has 25 heavy (non-hydrogen) atoms. The van der Waals surface area contributed by atoms with Gasteiger partial charge in [0.25, 0.3) is 0 Å². The van der Waals surface area contributed by atoms with Gasteiger partial charge in [0.1, 0.15) is 17.5 Å². The van der Waals surface area contributed by atoms with Gasteiger partial charge in [0.15, 0.2) is 0 Å². The van der Waals surface area contributed by atoms with E-state index in [0.717, 1.165) is 0 Å². The van der Waals surface area contributed by atoms with Gasteiger partial charge in [-0.2, -0.15) is 0 Å². The summed E-state index contributed by atoms with van der Waals surface area (Å²) < 4.78 is 15.3. The van der Waals surface area contributed by atoms with Gasteiger partial charge in [0, 0.05) is 12.6 Å². The Morgan fingerprint density at radius 2 is 1.96 bits per heavy atom. The first-order chi connectivity index (χ1) is 12.0. The molecule has 1 aromatic rings. The van der Waals surface area contributed by atoms with Crippen LogP contribution in [0.1, 0.15) is 6.42 Å². The van der Waals surface area contributed by atoms with Crippen LogP contribution in [0.4, 0.5) is 5.69 Å². The van der Waals surface area contributed by atoms with Crippen LogP contribution in [0.25, 0.3) is 0 Å². The molecule has 1 atom stereocenters. The van der Waals surface area contributed by atoms with Gasteiger partial charge in [-0.25, -0.2) is 0 Å². The summed E-state index contributed by atoms with van der Waals surface area (Å²) in [6.07, 6.45) is -0.259. The summed E-state index contributed by atoms with van der Waals surface area (Å²) in [6, 6.07) is 3.83. The minimum Gasteiger partial charge on any atom is -0.497 e. The van der Waals surface area contributed by atoms with E-state index in [9.17, 15) is 14.7 Å². The third-order valence-corrected chi connectivity index (χ3v) is 3.24. The highest BCUT2D eigenvalue weighted by Crippen LogP contribution is 2.29. The fourth-order valence-electron chi connectivity index (χ4n) is 2.01. The predicted octanol–water partition coefficient (Wildman–Crippen LogP) is 0.0841. The van der Waals surface area contributed by atoms with Crippen molar-refractivity contribution in [3.05, 3.63) is 18.2 Å². The average Bonchev–Trinajstić information content (AvgIpc) is 2.60. The second-order valence-corrected chi connectivity index (χ2v) is 5.00. The zero-order valence-electron chi connectivity index (χ0n) is 14.3. The number of methoxy groups -OCH3 is 2. The monoisotopic (exact) mass is 356 g/mol. The van der Waals surface area contributed by atoms with Crippen molar-refractivity contribution in [2.24, 2.45) is 0 Å². The molecular weight excluding hydrogens is 332 g/mol. The zero-order chi connectivity index (χ0) is 18.7. The lowest BCUT2D eigenvalue weighted by molar-refractivity contribution is -0.141. The highest BCUT2D eigenvalue weighted by Gasteiger charge is 2.21. The summed E-state index contributed by atoms with van der Waals surface area (Å²) in [5.74, 6) is -0.633. The van der Waals surface area contributed by atoms with Gasteiger partial charge in [-0.05, 0) is 12.1 Å².